The quantitative estimate of drug-likeness (QED) is 0.323. The van der Waals surface area contributed by atoms with Crippen molar-refractivity contribution in [3.63, 3.8) is 0 Å². The minimum atomic E-state index is -0.378. The van der Waals surface area contributed by atoms with E-state index in [9.17, 15) is 9.59 Å². The molecule has 0 aliphatic carbocycles. The predicted molar refractivity (Wildman–Crippen MR) is 127 cm³/mol. The highest BCUT2D eigenvalue weighted by molar-refractivity contribution is 6.35. The molecule has 0 bridgehead atoms. The Balaban J connectivity index is 1.39. The fraction of sp³-hybridized carbons (Fsp3) is 0.125. The molecule has 3 rings (SSSR count). The highest BCUT2D eigenvalue weighted by Crippen LogP contribution is 2.25. The number of carbonyl (C=O) groups excluding carboxylic acids is 2. The van der Waals surface area contributed by atoms with Crippen molar-refractivity contribution in [1.82, 2.24) is 5.43 Å². The maximum Gasteiger partial charge on any atom is 0.240 e. The number of ether oxygens (including phenoxy) is 1. The van der Waals surface area contributed by atoms with E-state index >= 15 is 0 Å². The molecule has 164 valence electrons. The van der Waals surface area contributed by atoms with Gasteiger partial charge in [-0.1, -0.05) is 53.5 Å². The Bertz CT molecular complexity index is 1090. The molecule has 0 saturated carbocycles. The fourth-order valence-corrected chi connectivity index (χ4v) is 3.00. The van der Waals surface area contributed by atoms with Crippen molar-refractivity contribution >= 4 is 46.9 Å². The average Bonchev–Trinajstić information content (AvgIpc) is 2.80. The summed E-state index contributed by atoms with van der Waals surface area (Å²) in [5.41, 5.74) is 4.69. The second kappa shape index (κ2) is 11.9. The van der Waals surface area contributed by atoms with E-state index in [0.717, 1.165) is 16.9 Å². The lowest BCUT2D eigenvalue weighted by atomic mass is 10.2. The highest BCUT2D eigenvalue weighted by atomic mass is 35.5. The monoisotopic (exact) mass is 469 g/mol. The van der Waals surface area contributed by atoms with Crippen molar-refractivity contribution in [1.29, 1.82) is 0 Å². The summed E-state index contributed by atoms with van der Waals surface area (Å²) in [5, 5.41) is 7.37. The molecule has 3 aromatic carbocycles. The number of hydrogen-bond donors (Lipinski definition) is 2. The third-order valence-electron chi connectivity index (χ3n) is 4.31. The van der Waals surface area contributed by atoms with Crippen LogP contribution in [0.1, 0.15) is 24.0 Å². The number of amides is 2. The van der Waals surface area contributed by atoms with E-state index in [1.165, 1.54) is 6.21 Å². The molecule has 6 nitrogen and oxygen atoms in total. The Morgan fingerprint density at radius 3 is 2.38 bits per heavy atom. The minimum Gasteiger partial charge on any atom is -0.489 e. The van der Waals surface area contributed by atoms with Crippen molar-refractivity contribution in [2.24, 2.45) is 5.10 Å². The van der Waals surface area contributed by atoms with Gasteiger partial charge in [-0.05, 0) is 53.6 Å². The summed E-state index contributed by atoms with van der Waals surface area (Å²) in [6.07, 6.45) is 1.48. The summed E-state index contributed by atoms with van der Waals surface area (Å²) in [6.45, 7) is 0.488. The number of anilines is 1. The second-order valence-electron chi connectivity index (χ2n) is 6.81. The molecule has 0 heterocycles. The van der Waals surface area contributed by atoms with E-state index in [0.29, 0.717) is 22.3 Å². The van der Waals surface area contributed by atoms with Gasteiger partial charge in [0.15, 0.2) is 0 Å². The maximum atomic E-state index is 12.0. The van der Waals surface area contributed by atoms with Crippen LogP contribution in [0.25, 0.3) is 0 Å². The molecule has 8 heteroatoms. The first-order valence-electron chi connectivity index (χ1n) is 9.83. The fourth-order valence-electron chi connectivity index (χ4n) is 2.66. The first-order valence-corrected chi connectivity index (χ1v) is 10.6. The number of nitrogens with one attached hydrogen (secondary N) is 2. The van der Waals surface area contributed by atoms with Gasteiger partial charge in [-0.25, -0.2) is 5.43 Å². The summed E-state index contributed by atoms with van der Waals surface area (Å²) in [6, 6.07) is 22.0. The van der Waals surface area contributed by atoms with Crippen LogP contribution in [-0.2, 0) is 16.2 Å². The normalized spacial score (nSPS) is 10.7. The summed E-state index contributed by atoms with van der Waals surface area (Å²) < 4.78 is 5.73. The van der Waals surface area contributed by atoms with Gasteiger partial charge < -0.3 is 10.1 Å². The topological polar surface area (TPSA) is 79.8 Å². The van der Waals surface area contributed by atoms with Gasteiger partial charge in [-0.2, -0.15) is 5.10 Å². The number of halogens is 2. The molecule has 0 aliphatic heterocycles. The van der Waals surface area contributed by atoms with Crippen LogP contribution in [0, 0.1) is 0 Å². The van der Waals surface area contributed by atoms with E-state index in [4.69, 9.17) is 27.9 Å². The predicted octanol–water partition coefficient (Wildman–Crippen LogP) is 5.44. The Hall–Kier alpha value is -3.35. The molecule has 0 radical (unpaired) electrons. The number of carbonyl (C=O) groups is 2. The van der Waals surface area contributed by atoms with E-state index in [1.807, 2.05) is 54.6 Å². The van der Waals surface area contributed by atoms with Gasteiger partial charge in [0.1, 0.15) is 12.4 Å². The Kier molecular flexibility index (Phi) is 8.66. The summed E-state index contributed by atoms with van der Waals surface area (Å²) >= 11 is 11.9. The van der Waals surface area contributed by atoms with Crippen molar-refractivity contribution in [3.05, 3.63) is 94.0 Å². The lowest BCUT2D eigenvalue weighted by Crippen LogP contribution is -2.20. The molecule has 0 aromatic heterocycles. The van der Waals surface area contributed by atoms with Crippen LogP contribution in [0.15, 0.2) is 77.9 Å². The van der Waals surface area contributed by atoms with E-state index in [2.05, 4.69) is 15.8 Å². The van der Waals surface area contributed by atoms with Gasteiger partial charge in [0.05, 0.1) is 16.9 Å². The minimum absolute atomic E-state index is 0.0162. The van der Waals surface area contributed by atoms with Crippen LogP contribution in [-0.4, -0.2) is 18.0 Å². The van der Waals surface area contributed by atoms with Crippen molar-refractivity contribution < 1.29 is 14.3 Å². The summed E-state index contributed by atoms with van der Waals surface area (Å²) in [5.74, 6) is 0.0108. The third-order valence-corrected chi connectivity index (χ3v) is 4.88. The molecule has 0 aliphatic rings. The van der Waals surface area contributed by atoms with Crippen LogP contribution in [0.5, 0.6) is 5.75 Å². The van der Waals surface area contributed by atoms with Gasteiger partial charge in [0.25, 0.3) is 0 Å². The largest absolute Gasteiger partial charge is 0.489 e. The highest BCUT2D eigenvalue weighted by Gasteiger charge is 2.09. The number of hydrogen-bond acceptors (Lipinski definition) is 4. The number of rotatable bonds is 9. The molecule has 0 atom stereocenters. The zero-order chi connectivity index (χ0) is 22.8. The Morgan fingerprint density at radius 2 is 1.62 bits per heavy atom. The molecule has 2 N–H and O–H groups in total. The van der Waals surface area contributed by atoms with E-state index in [1.54, 1.807) is 18.2 Å². The molecule has 0 fully saturated rings. The number of benzene rings is 3. The molecule has 32 heavy (non-hydrogen) atoms. The van der Waals surface area contributed by atoms with Crippen LogP contribution in [0.2, 0.25) is 10.0 Å². The zero-order valence-electron chi connectivity index (χ0n) is 17.1. The van der Waals surface area contributed by atoms with Gasteiger partial charge in [0, 0.05) is 17.9 Å². The van der Waals surface area contributed by atoms with Crippen LogP contribution < -0.4 is 15.5 Å². The van der Waals surface area contributed by atoms with Crippen LogP contribution in [0.4, 0.5) is 5.69 Å². The molecule has 0 unspecified atom stereocenters. The van der Waals surface area contributed by atoms with Gasteiger partial charge in [-0.15, -0.1) is 0 Å². The van der Waals surface area contributed by atoms with Crippen molar-refractivity contribution in [3.8, 4) is 5.75 Å². The summed E-state index contributed by atoms with van der Waals surface area (Å²) in [4.78, 5) is 23.9. The molecular formula is C24H21Cl2N3O3. The zero-order valence-corrected chi connectivity index (χ0v) is 18.6. The van der Waals surface area contributed by atoms with E-state index < -0.39 is 0 Å². The SMILES string of the molecule is O=C(CCC(=O)Nc1cc(Cl)ccc1Cl)N/N=C\c1ccc(OCc2ccccc2)cc1. The standard InChI is InChI=1S/C24H21Cl2N3O3/c25-19-8-11-21(26)22(14-19)28-23(30)12-13-24(31)29-27-15-17-6-9-20(10-7-17)32-16-18-4-2-1-3-5-18/h1-11,14-15H,12-13,16H2,(H,28,30)(H,29,31)/b27-15-. The average molecular weight is 470 g/mol. The maximum absolute atomic E-state index is 12.0. The summed E-state index contributed by atoms with van der Waals surface area (Å²) in [7, 11) is 0. The smallest absolute Gasteiger partial charge is 0.240 e. The van der Waals surface area contributed by atoms with Crippen molar-refractivity contribution in [2.45, 2.75) is 19.4 Å². The Morgan fingerprint density at radius 1 is 0.906 bits per heavy atom. The number of nitrogens with zero attached hydrogens (tertiary/aromatic N) is 1. The van der Waals surface area contributed by atoms with Gasteiger partial charge in [0.2, 0.25) is 11.8 Å². The lowest BCUT2D eigenvalue weighted by Gasteiger charge is -2.07. The number of hydrazone groups is 1. The van der Waals surface area contributed by atoms with Crippen molar-refractivity contribution in [2.75, 3.05) is 5.32 Å². The molecular weight excluding hydrogens is 449 g/mol. The molecule has 0 saturated heterocycles. The van der Waals surface area contributed by atoms with Crippen LogP contribution >= 0.6 is 23.2 Å². The third kappa shape index (κ3) is 7.72. The first-order chi connectivity index (χ1) is 15.5. The van der Waals surface area contributed by atoms with Crippen LogP contribution in [0.3, 0.4) is 0 Å². The Labute approximate surface area is 196 Å². The second-order valence-corrected chi connectivity index (χ2v) is 7.65. The van der Waals surface area contributed by atoms with E-state index in [-0.39, 0.29) is 24.7 Å². The molecule has 3 aromatic rings. The molecule has 0 spiro atoms. The molecule has 2 amide bonds. The van der Waals surface area contributed by atoms with Gasteiger partial charge in [-0.3, -0.25) is 9.59 Å². The van der Waals surface area contributed by atoms with Gasteiger partial charge >= 0.3 is 0 Å². The lowest BCUT2D eigenvalue weighted by molar-refractivity contribution is -0.124. The first kappa shape index (κ1) is 23.3.